The number of hydrogen-bond donors (Lipinski definition) is 3. The molecule has 1 aromatic carbocycles. The molecule has 0 unspecified atom stereocenters. The van der Waals surface area contributed by atoms with Gasteiger partial charge in [0.05, 0.1) is 6.54 Å². The standard InChI is InChI=1S/C18H24N4O3/c1-13(14-8-4-2-5-9-14)19-12-15(23)21-22-16(24)18(20-17(22)25)10-6-3-7-11-18/h2,4-5,8-9,13,19H,3,6-7,10-12H2,1H3,(H,20,25)(H,21,23)/t13-/m1/s1. The molecule has 1 spiro atoms. The highest BCUT2D eigenvalue weighted by Crippen LogP contribution is 2.32. The second kappa shape index (κ2) is 7.23. The fraction of sp³-hybridized carbons (Fsp3) is 0.500. The van der Waals surface area contributed by atoms with Crippen molar-refractivity contribution in [2.24, 2.45) is 0 Å². The third-order valence-corrected chi connectivity index (χ3v) is 4.97. The molecule has 2 fully saturated rings. The summed E-state index contributed by atoms with van der Waals surface area (Å²) in [7, 11) is 0. The maximum Gasteiger partial charge on any atom is 0.344 e. The van der Waals surface area contributed by atoms with Crippen molar-refractivity contribution in [1.82, 2.24) is 21.1 Å². The minimum atomic E-state index is -0.826. The van der Waals surface area contributed by atoms with E-state index in [1.807, 2.05) is 37.3 Å². The van der Waals surface area contributed by atoms with Crippen LogP contribution in [0.15, 0.2) is 30.3 Å². The number of hydrogen-bond acceptors (Lipinski definition) is 4. The molecule has 1 saturated carbocycles. The first-order valence-electron chi connectivity index (χ1n) is 8.76. The summed E-state index contributed by atoms with van der Waals surface area (Å²) >= 11 is 0. The van der Waals surface area contributed by atoms with Gasteiger partial charge in [-0.25, -0.2) is 4.79 Å². The molecule has 1 aromatic rings. The Morgan fingerprint density at radius 1 is 1.20 bits per heavy atom. The molecule has 134 valence electrons. The lowest BCUT2D eigenvalue weighted by Crippen LogP contribution is -2.52. The van der Waals surface area contributed by atoms with Crippen LogP contribution in [0.3, 0.4) is 0 Å². The largest absolute Gasteiger partial charge is 0.344 e. The zero-order chi connectivity index (χ0) is 17.9. The summed E-state index contributed by atoms with van der Waals surface area (Å²) < 4.78 is 0. The highest BCUT2D eigenvalue weighted by atomic mass is 16.2. The molecule has 0 radical (unpaired) electrons. The van der Waals surface area contributed by atoms with E-state index < -0.39 is 17.5 Å². The van der Waals surface area contributed by atoms with Crippen molar-refractivity contribution in [2.45, 2.75) is 50.6 Å². The third-order valence-electron chi connectivity index (χ3n) is 4.97. The number of nitrogens with one attached hydrogen (secondary N) is 3. The zero-order valence-corrected chi connectivity index (χ0v) is 14.4. The van der Waals surface area contributed by atoms with Gasteiger partial charge in [-0.3, -0.25) is 15.0 Å². The number of rotatable bonds is 5. The molecular weight excluding hydrogens is 320 g/mol. The Bertz CT molecular complexity index is 656. The smallest absolute Gasteiger partial charge is 0.322 e. The summed E-state index contributed by atoms with van der Waals surface area (Å²) in [4.78, 5) is 36.9. The molecule has 1 atom stereocenters. The monoisotopic (exact) mass is 344 g/mol. The van der Waals surface area contributed by atoms with Crippen molar-refractivity contribution in [3.05, 3.63) is 35.9 Å². The topological polar surface area (TPSA) is 90.5 Å². The predicted octanol–water partition coefficient (Wildman–Crippen LogP) is 1.62. The normalized spacial score (nSPS) is 20.4. The molecule has 7 nitrogen and oxygen atoms in total. The Morgan fingerprint density at radius 3 is 2.56 bits per heavy atom. The average Bonchev–Trinajstić information content (AvgIpc) is 2.85. The number of carbonyl (C=O) groups is 3. The summed E-state index contributed by atoms with van der Waals surface area (Å²) in [5.74, 6) is -0.763. The van der Waals surface area contributed by atoms with Gasteiger partial charge in [0, 0.05) is 6.04 Å². The molecule has 0 aromatic heterocycles. The van der Waals surface area contributed by atoms with Crippen LogP contribution < -0.4 is 16.1 Å². The van der Waals surface area contributed by atoms with Crippen LogP contribution in [0.1, 0.15) is 50.6 Å². The van der Waals surface area contributed by atoms with Gasteiger partial charge in [0.2, 0.25) is 0 Å². The molecule has 1 aliphatic carbocycles. The van der Waals surface area contributed by atoms with Gasteiger partial charge in [0.15, 0.2) is 0 Å². The number of urea groups is 1. The van der Waals surface area contributed by atoms with Crippen LogP contribution in [0.25, 0.3) is 0 Å². The maximum atomic E-state index is 12.6. The van der Waals surface area contributed by atoms with Gasteiger partial charge in [-0.15, -0.1) is 0 Å². The van der Waals surface area contributed by atoms with Crippen LogP contribution in [0, 0.1) is 0 Å². The van der Waals surface area contributed by atoms with Crippen LogP contribution in [0.2, 0.25) is 0 Å². The van der Waals surface area contributed by atoms with E-state index in [4.69, 9.17) is 0 Å². The molecule has 1 saturated heterocycles. The Labute approximate surface area is 147 Å². The van der Waals surface area contributed by atoms with E-state index in [0.717, 1.165) is 29.8 Å². The lowest BCUT2D eigenvalue weighted by molar-refractivity contribution is -0.139. The fourth-order valence-electron chi connectivity index (χ4n) is 3.49. The van der Waals surface area contributed by atoms with Gasteiger partial charge >= 0.3 is 6.03 Å². The lowest BCUT2D eigenvalue weighted by atomic mass is 9.82. The van der Waals surface area contributed by atoms with Gasteiger partial charge in [-0.2, -0.15) is 5.01 Å². The third kappa shape index (κ3) is 3.66. The summed E-state index contributed by atoms with van der Waals surface area (Å²) in [5, 5.41) is 6.69. The molecule has 2 aliphatic rings. The summed E-state index contributed by atoms with van der Waals surface area (Å²) in [6.07, 6.45) is 4.15. The number of amides is 4. The van der Waals surface area contributed by atoms with E-state index in [1.165, 1.54) is 0 Å². The summed E-state index contributed by atoms with van der Waals surface area (Å²) in [5.41, 5.74) is 2.66. The molecule has 0 bridgehead atoms. The van der Waals surface area contributed by atoms with Gasteiger partial charge < -0.3 is 10.6 Å². The number of hydrazine groups is 1. The second-order valence-electron chi connectivity index (χ2n) is 6.76. The molecule has 7 heteroatoms. The first kappa shape index (κ1) is 17.4. The van der Waals surface area contributed by atoms with Crippen LogP contribution in [-0.2, 0) is 9.59 Å². The van der Waals surface area contributed by atoms with Crippen LogP contribution in [-0.4, -0.2) is 34.9 Å². The van der Waals surface area contributed by atoms with E-state index in [2.05, 4.69) is 16.1 Å². The highest BCUT2D eigenvalue weighted by molar-refractivity contribution is 6.08. The van der Waals surface area contributed by atoms with E-state index >= 15 is 0 Å². The number of imide groups is 1. The van der Waals surface area contributed by atoms with Crippen molar-refractivity contribution in [3.8, 4) is 0 Å². The van der Waals surface area contributed by atoms with E-state index in [0.29, 0.717) is 12.8 Å². The highest BCUT2D eigenvalue weighted by Gasteiger charge is 2.52. The minimum absolute atomic E-state index is 0.0140. The first-order chi connectivity index (χ1) is 12.0. The van der Waals surface area contributed by atoms with Crippen LogP contribution in [0.5, 0.6) is 0 Å². The molecule has 1 heterocycles. The lowest BCUT2D eigenvalue weighted by Gasteiger charge is -2.30. The molecule has 1 aliphatic heterocycles. The van der Waals surface area contributed by atoms with E-state index in [9.17, 15) is 14.4 Å². The Balaban J connectivity index is 1.54. The molecule has 25 heavy (non-hydrogen) atoms. The van der Waals surface area contributed by atoms with Gasteiger partial charge in [-0.1, -0.05) is 49.6 Å². The number of carbonyl (C=O) groups excluding carboxylic acids is 3. The van der Waals surface area contributed by atoms with Gasteiger partial charge in [0.1, 0.15) is 5.54 Å². The van der Waals surface area contributed by atoms with Crippen molar-refractivity contribution >= 4 is 17.8 Å². The first-order valence-corrected chi connectivity index (χ1v) is 8.76. The Morgan fingerprint density at radius 2 is 1.88 bits per heavy atom. The fourth-order valence-corrected chi connectivity index (χ4v) is 3.49. The maximum absolute atomic E-state index is 12.6. The van der Waals surface area contributed by atoms with Crippen molar-refractivity contribution in [1.29, 1.82) is 0 Å². The predicted molar refractivity (Wildman–Crippen MR) is 92.2 cm³/mol. The molecule has 3 N–H and O–H groups in total. The van der Waals surface area contributed by atoms with Gasteiger partial charge in [-0.05, 0) is 25.3 Å². The van der Waals surface area contributed by atoms with Crippen molar-refractivity contribution in [2.75, 3.05) is 6.54 Å². The number of nitrogens with zero attached hydrogens (tertiary/aromatic N) is 1. The van der Waals surface area contributed by atoms with E-state index in [1.54, 1.807) is 0 Å². The second-order valence-corrected chi connectivity index (χ2v) is 6.76. The Hall–Kier alpha value is -2.41. The van der Waals surface area contributed by atoms with Crippen molar-refractivity contribution < 1.29 is 14.4 Å². The number of benzene rings is 1. The molecular formula is C18H24N4O3. The van der Waals surface area contributed by atoms with E-state index in [-0.39, 0.29) is 18.5 Å². The summed E-state index contributed by atoms with van der Waals surface area (Å²) in [6, 6.07) is 9.19. The average molecular weight is 344 g/mol. The summed E-state index contributed by atoms with van der Waals surface area (Å²) in [6.45, 7) is 1.97. The molecule has 4 amide bonds. The molecule has 3 rings (SSSR count). The SMILES string of the molecule is C[C@@H](NCC(=O)NN1C(=O)NC2(CCCCC2)C1=O)c1ccccc1. The minimum Gasteiger partial charge on any atom is -0.322 e. The Kier molecular flexibility index (Phi) is 5.03. The van der Waals surface area contributed by atoms with Gasteiger partial charge in [0.25, 0.3) is 11.8 Å². The van der Waals surface area contributed by atoms with Crippen LogP contribution >= 0.6 is 0 Å². The van der Waals surface area contributed by atoms with Crippen molar-refractivity contribution in [3.63, 3.8) is 0 Å². The quantitative estimate of drug-likeness (QED) is 0.708. The zero-order valence-electron chi connectivity index (χ0n) is 14.4. The van der Waals surface area contributed by atoms with Crippen LogP contribution in [0.4, 0.5) is 4.79 Å².